The van der Waals surface area contributed by atoms with Gasteiger partial charge in [0.1, 0.15) is 5.75 Å². The summed E-state index contributed by atoms with van der Waals surface area (Å²) in [5, 5.41) is 11.0. The van der Waals surface area contributed by atoms with Gasteiger partial charge in [0.25, 0.3) is 0 Å². The van der Waals surface area contributed by atoms with Gasteiger partial charge in [-0.3, -0.25) is 9.97 Å². The van der Waals surface area contributed by atoms with E-state index in [1.807, 2.05) is 24.4 Å². The minimum atomic E-state index is -0.138. The van der Waals surface area contributed by atoms with Crippen molar-refractivity contribution in [2.75, 3.05) is 4.90 Å². The van der Waals surface area contributed by atoms with Gasteiger partial charge in [-0.25, -0.2) is 0 Å². The van der Waals surface area contributed by atoms with Crippen LogP contribution in [0.4, 0.5) is 17.1 Å². The second kappa shape index (κ2) is 14.6. The monoisotopic (exact) mass is 913 g/mol. The molecule has 0 unspecified atom stereocenters. The molecule has 4 nitrogen and oxygen atoms in total. The zero-order chi connectivity index (χ0) is 38.7. The average molecular weight is 914 g/mol. The van der Waals surface area contributed by atoms with Gasteiger partial charge in [0.05, 0.1) is 17.1 Å². The molecule has 1 aliphatic rings. The van der Waals surface area contributed by atoms with E-state index in [1.54, 1.807) is 6.07 Å². The zero-order valence-electron chi connectivity index (χ0n) is 33.4. The molecule has 0 atom stereocenters. The Hall–Kier alpha value is -5.31. The molecule has 3 heterocycles. The number of hydrogen-bond donors (Lipinski definition) is 1. The molecule has 1 N–H and O–H groups in total. The van der Waals surface area contributed by atoms with Crippen molar-refractivity contribution in [3.05, 3.63) is 168 Å². The number of benzene rings is 5. The number of pyridine rings is 2. The van der Waals surface area contributed by atoms with Crippen molar-refractivity contribution in [2.45, 2.75) is 71.6 Å². The molecular formula is C51H48N3OPt-. The second-order valence-corrected chi connectivity index (χ2v) is 17.3. The standard InChI is InChI=1S/C51H48N3O.Pt/c1-49(2,3)37-27-35(28-38(31-37)50(4,5)6)36-29-44(53-45(30-36)40-18-9-14-23-48(40)55)34-17-15-16-33(26-34)43-32-39(24-25-52-43)54-46-21-12-10-19-41(46)51(7,8)42-20-11-13-22-47(42)54;/h9-25,27-32,55H,1-8H3;/q-1;. The summed E-state index contributed by atoms with van der Waals surface area (Å²) in [6.45, 7) is 18.2. The summed E-state index contributed by atoms with van der Waals surface area (Å²) in [4.78, 5) is 12.4. The molecule has 0 saturated carbocycles. The maximum absolute atomic E-state index is 11.0. The van der Waals surface area contributed by atoms with Crippen molar-refractivity contribution in [3.63, 3.8) is 0 Å². The molecule has 0 saturated heterocycles. The van der Waals surface area contributed by atoms with Crippen LogP contribution < -0.4 is 4.90 Å². The summed E-state index contributed by atoms with van der Waals surface area (Å²) in [5.41, 5.74) is 15.1. The van der Waals surface area contributed by atoms with Gasteiger partial charge in [0, 0.05) is 55.3 Å². The van der Waals surface area contributed by atoms with E-state index in [0.29, 0.717) is 11.3 Å². The fourth-order valence-electron chi connectivity index (χ4n) is 7.74. The Morgan fingerprint density at radius 1 is 0.571 bits per heavy atom. The third-order valence-corrected chi connectivity index (χ3v) is 11.0. The van der Waals surface area contributed by atoms with E-state index in [9.17, 15) is 5.11 Å². The summed E-state index contributed by atoms with van der Waals surface area (Å²) in [5.74, 6) is 0.194. The molecule has 2 aromatic heterocycles. The minimum Gasteiger partial charge on any atom is -0.507 e. The number of aromatic hydroxyl groups is 1. The SMILES string of the molecule is CC(C)(C)c1cc(-c2cc(-c3[c-]c(-c4cc(N5c6ccccc6C(C)(C)c6ccccc65)ccn4)ccc3)nc(-c3ccccc3O)c2)cc(C(C)(C)C)c1.[Pt]. The second-order valence-electron chi connectivity index (χ2n) is 17.3. The van der Waals surface area contributed by atoms with Gasteiger partial charge in [-0.05, 0) is 86.7 Å². The molecule has 7 aromatic rings. The predicted molar refractivity (Wildman–Crippen MR) is 228 cm³/mol. The van der Waals surface area contributed by atoms with Gasteiger partial charge in [-0.15, -0.1) is 24.3 Å². The smallest absolute Gasteiger partial charge is 0.124 e. The number of aromatic nitrogens is 2. The largest absolute Gasteiger partial charge is 0.507 e. The Labute approximate surface area is 346 Å². The Bertz CT molecular complexity index is 2490. The van der Waals surface area contributed by atoms with Crippen LogP contribution >= 0.6 is 0 Å². The van der Waals surface area contributed by atoms with Crippen molar-refractivity contribution >= 4 is 17.1 Å². The summed E-state index contributed by atoms with van der Waals surface area (Å²) in [6, 6.07) is 50.1. The fraction of sp³-hybridized carbons (Fsp3) is 0.216. The summed E-state index contributed by atoms with van der Waals surface area (Å²) < 4.78 is 0. The molecular weight excluding hydrogens is 866 g/mol. The van der Waals surface area contributed by atoms with Gasteiger partial charge in [0.2, 0.25) is 0 Å². The average Bonchev–Trinajstić information content (AvgIpc) is 3.17. The Morgan fingerprint density at radius 3 is 1.71 bits per heavy atom. The van der Waals surface area contributed by atoms with Crippen LogP contribution in [0.5, 0.6) is 5.75 Å². The zero-order valence-corrected chi connectivity index (χ0v) is 35.7. The van der Waals surface area contributed by atoms with E-state index >= 15 is 0 Å². The van der Waals surface area contributed by atoms with Crippen molar-refractivity contribution in [1.82, 2.24) is 9.97 Å². The Morgan fingerprint density at radius 2 is 1.11 bits per heavy atom. The van der Waals surface area contributed by atoms with Crippen molar-refractivity contribution < 1.29 is 26.2 Å². The normalized spacial score (nSPS) is 13.4. The third-order valence-electron chi connectivity index (χ3n) is 11.0. The van der Waals surface area contributed by atoms with Crippen LogP contribution in [-0.4, -0.2) is 15.1 Å². The molecule has 0 radical (unpaired) electrons. The van der Waals surface area contributed by atoms with Crippen LogP contribution in [-0.2, 0) is 37.3 Å². The molecule has 5 heteroatoms. The maximum Gasteiger partial charge on any atom is 0.124 e. The first-order chi connectivity index (χ1) is 26.2. The van der Waals surface area contributed by atoms with Crippen molar-refractivity contribution in [2.24, 2.45) is 0 Å². The predicted octanol–water partition coefficient (Wildman–Crippen LogP) is 13.4. The van der Waals surface area contributed by atoms with Gasteiger partial charge in [-0.1, -0.05) is 139 Å². The third kappa shape index (κ3) is 7.24. The minimum absolute atomic E-state index is 0. The van der Waals surface area contributed by atoms with E-state index in [0.717, 1.165) is 39.3 Å². The maximum atomic E-state index is 11.0. The summed E-state index contributed by atoms with van der Waals surface area (Å²) in [7, 11) is 0. The van der Waals surface area contributed by atoms with Crippen LogP contribution in [0.2, 0.25) is 0 Å². The molecule has 0 bridgehead atoms. The number of phenolic OH excluding ortho intramolecular Hbond substituents is 1. The summed E-state index contributed by atoms with van der Waals surface area (Å²) >= 11 is 0. The number of fused-ring (bicyclic) bond motifs is 2. The van der Waals surface area contributed by atoms with E-state index in [-0.39, 0.29) is 43.1 Å². The molecule has 56 heavy (non-hydrogen) atoms. The number of rotatable bonds is 5. The number of para-hydroxylation sites is 3. The first-order valence-corrected chi connectivity index (χ1v) is 19.1. The van der Waals surface area contributed by atoms with Crippen LogP contribution in [0, 0.1) is 6.07 Å². The molecule has 8 rings (SSSR count). The van der Waals surface area contributed by atoms with Crippen LogP contribution in [0.1, 0.15) is 77.6 Å². The first kappa shape index (κ1) is 38.9. The number of hydrogen-bond acceptors (Lipinski definition) is 4. The van der Waals surface area contributed by atoms with Gasteiger partial charge in [0.15, 0.2) is 0 Å². The van der Waals surface area contributed by atoms with Crippen LogP contribution in [0.3, 0.4) is 0 Å². The van der Waals surface area contributed by atoms with Crippen LogP contribution in [0.25, 0.3) is 44.9 Å². The number of nitrogens with zero attached hydrogens (tertiary/aromatic N) is 3. The number of phenols is 1. The molecule has 5 aromatic carbocycles. The molecule has 0 spiro atoms. The molecule has 0 fully saturated rings. The number of anilines is 3. The summed E-state index contributed by atoms with van der Waals surface area (Å²) in [6.07, 6.45) is 1.89. The van der Waals surface area contributed by atoms with E-state index in [1.165, 1.54) is 33.6 Å². The molecule has 1 aliphatic heterocycles. The molecule has 0 aliphatic carbocycles. The molecule has 284 valence electrons. The van der Waals surface area contributed by atoms with Crippen molar-refractivity contribution in [1.29, 1.82) is 0 Å². The topological polar surface area (TPSA) is 49.2 Å². The quantitative estimate of drug-likeness (QED) is 0.175. The van der Waals surface area contributed by atoms with Crippen LogP contribution in [0.15, 0.2) is 140 Å². The van der Waals surface area contributed by atoms with Gasteiger partial charge < -0.3 is 10.0 Å². The van der Waals surface area contributed by atoms with Gasteiger partial charge in [-0.2, -0.15) is 0 Å². The van der Waals surface area contributed by atoms with Crippen molar-refractivity contribution in [3.8, 4) is 50.6 Å². The van der Waals surface area contributed by atoms with E-state index in [4.69, 9.17) is 9.97 Å². The first-order valence-electron chi connectivity index (χ1n) is 19.1. The van der Waals surface area contributed by atoms with Gasteiger partial charge >= 0.3 is 0 Å². The van der Waals surface area contributed by atoms with E-state index in [2.05, 4.69) is 176 Å². The van der Waals surface area contributed by atoms with E-state index < -0.39 is 0 Å². The Balaban J connectivity index is 0.00000480. The Kier molecular flexibility index (Phi) is 10.2. The fourth-order valence-corrected chi connectivity index (χ4v) is 7.74. The molecule has 0 amide bonds.